The Hall–Kier alpha value is 0.190. The van der Waals surface area contributed by atoms with Crippen LogP contribution in [0.25, 0.3) is 0 Å². The number of phosphoric acid groups is 3. The molecular formula is C6H13F2O12P3. The van der Waals surface area contributed by atoms with Crippen molar-refractivity contribution in [1.29, 1.82) is 0 Å². The Balaban J connectivity index is 2.83. The molecule has 1 aliphatic rings. The lowest BCUT2D eigenvalue weighted by atomic mass is 10.1. The van der Waals surface area contributed by atoms with Crippen molar-refractivity contribution in [2.24, 2.45) is 0 Å². The summed E-state index contributed by atoms with van der Waals surface area (Å²) in [6, 6.07) is 0. The van der Waals surface area contributed by atoms with Crippen molar-refractivity contribution in [2.45, 2.75) is 37.8 Å². The first-order chi connectivity index (χ1) is 10.0. The molecule has 5 N–H and O–H groups in total. The summed E-state index contributed by atoms with van der Waals surface area (Å²) in [5.74, 6) is 0. The molecule has 0 aromatic carbocycles. The van der Waals surface area contributed by atoms with Gasteiger partial charge in [0.2, 0.25) is 0 Å². The van der Waals surface area contributed by atoms with Gasteiger partial charge in [-0.25, -0.2) is 18.2 Å². The number of aliphatic hydroxyl groups is 1. The SMILES string of the molecule is C[C@H]1C[C@@H](O)[C@@H](C(F)(F)OP(=O)(O)OP(=O)(O)OP(=O)(O)O)O1. The van der Waals surface area contributed by atoms with Crippen molar-refractivity contribution >= 4 is 23.5 Å². The van der Waals surface area contributed by atoms with Crippen LogP contribution in [0.5, 0.6) is 0 Å². The number of aliphatic hydroxyl groups excluding tert-OH is 1. The Labute approximate surface area is 127 Å². The van der Waals surface area contributed by atoms with Crippen molar-refractivity contribution in [1.82, 2.24) is 0 Å². The molecule has 0 aromatic heterocycles. The highest BCUT2D eigenvalue weighted by Crippen LogP contribution is 2.67. The summed E-state index contributed by atoms with van der Waals surface area (Å²) in [6.07, 6.45) is -9.84. The van der Waals surface area contributed by atoms with E-state index in [0.29, 0.717) is 0 Å². The highest BCUT2D eigenvalue weighted by atomic mass is 31.3. The highest BCUT2D eigenvalue weighted by Gasteiger charge is 2.56. The summed E-state index contributed by atoms with van der Waals surface area (Å²) in [7, 11) is -17.6. The van der Waals surface area contributed by atoms with Gasteiger partial charge in [-0.15, -0.1) is 0 Å². The van der Waals surface area contributed by atoms with Gasteiger partial charge < -0.3 is 29.4 Å². The number of alkyl halides is 2. The van der Waals surface area contributed by atoms with Crippen molar-refractivity contribution in [2.75, 3.05) is 0 Å². The molecule has 1 fully saturated rings. The van der Waals surface area contributed by atoms with Gasteiger partial charge in [-0.2, -0.15) is 17.4 Å². The predicted octanol–water partition coefficient (Wildman–Crippen LogP) is 0.461. The minimum absolute atomic E-state index is 0.236. The van der Waals surface area contributed by atoms with E-state index < -0.39 is 47.9 Å². The van der Waals surface area contributed by atoms with Gasteiger partial charge >= 0.3 is 29.6 Å². The van der Waals surface area contributed by atoms with Crippen molar-refractivity contribution in [3.8, 4) is 0 Å². The molecule has 0 aromatic rings. The summed E-state index contributed by atoms with van der Waals surface area (Å²) in [5.41, 5.74) is 0. The second kappa shape index (κ2) is 6.83. The fraction of sp³-hybridized carbons (Fsp3) is 1.00. The molecule has 5 atom stereocenters. The summed E-state index contributed by atoms with van der Waals surface area (Å²) in [5, 5.41) is 9.35. The molecule has 17 heteroatoms. The van der Waals surface area contributed by atoms with Gasteiger partial charge in [0.15, 0.2) is 6.10 Å². The van der Waals surface area contributed by atoms with Crippen LogP contribution < -0.4 is 0 Å². The summed E-state index contributed by atoms with van der Waals surface area (Å²) in [6.45, 7) is 1.32. The molecule has 1 rings (SSSR count). The molecule has 0 aliphatic carbocycles. The van der Waals surface area contributed by atoms with Crippen LogP contribution in [-0.2, 0) is 31.6 Å². The second-order valence-electron chi connectivity index (χ2n) is 4.41. The Bertz CT molecular complexity index is 575. The molecule has 1 heterocycles. The van der Waals surface area contributed by atoms with Gasteiger partial charge in [0, 0.05) is 6.42 Å². The quantitative estimate of drug-likeness (QED) is 0.367. The molecule has 12 nitrogen and oxygen atoms in total. The Morgan fingerprint density at radius 3 is 2.00 bits per heavy atom. The normalized spacial score (nSPS) is 31.6. The van der Waals surface area contributed by atoms with E-state index in [1.165, 1.54) is 6.92 Å². The van der Waals surface area contributed by atoms with Gasteiger partial charge in [-0.05, 0) is 6.92 Å². The van der Waals surface area contributed by atoms with Gasteiger partial charge in [0.25, 0.3) is 0 Å². The maximum Gasteiger partial charge on any atom is 0.490 e. The zero-order chi connectivity index (χ0) is 18.3. The zero-order valence-corrected chi connectivity index (χ0v) is 13.8. The lowest BCUT2D eigenvalue weighted by Crippen LogP contribution is -2.42. The first-order valence-electron chi connectivity index (χ1n) is 5.59. The number of hydrogen-bond donors (Lipinski definition) is 5. The number of hydrogen-bond acceptors (Lipinski definition) is 8. The van der Waals surface area contributed by atoms with Crippen LogP contribution in [0.2, 0.25) is 0 Å². The van der Waals surface area contributed by atoms with Crippen LogP contribution in [0, 0.1) is 0 Å². The molecule has 0 spiro atoms. The molecule has 138 valence electrons. The zero-order valence-electron chi connectivity index (χ0n) is 11.1. The lowest BCUT2D eigenvalue weighted by molar-refractivity contribution is -0.266. The monoisotopic (exact) mass is 408 g/mol. The number of ether oxygens (including phenoxy) is 1. The minimum atomic E-state index is -6.04. The van der Waals surface area contributed by atoms with E-state index >= 15 is 0 Å². The fourth-order valence-electron chi connectivity index (χ4n) is 1.67. The third-order valence-corrected chi connectivity index (χ3v) is 6.09. The first kappa shape index (κ1) is 21.2. The Morgan fingerprint density at radius 2 is 1.61 bits per heavy atom. The highest BCUT2D eigenvalue weighted by molar-refractivity contribution is 7.66. The predicted molar refractivity (Wildman–Crippen MR) is 64.9 cm³/mol. The van der Waals surface area contributed by atoms with Crippen LogP contribution >= 0.6 is 23.5 Å². The van der Waals surface area contributed by atoms with Crippen LogP contribution in [-0.4, -0.2) is 49.1 Å². The van der Waals surface area contributed by atoms with Crippen molar-refractivity contribution in [3.63, 3.8) is 0 Å². The smallest absolute Gasteiger partial charge is 0.390 e. The average Bonchev–Trinajstić information content (AvgIpc) is 2.50. The van der Waals surface area contributed by atoms with Crippen LogP contribution in [0.15, 0.2) is 0 Å². The average molecular weight is 408 g/mol. The van der Waals surface area contributed by atoms with E-state index in [9.17, 15) is 27.6 Å². The van der Waals surface area contributed by atoms with E-state index in [4.69, 9.17) is 19.6 Å². The maximum atomic E-state index is 13.7. The van der Waals surface area contributed by atoms with E-state index in [1.54, 1.807) is 0 Å². The number of halogens is 2. The molecule has 2 unspecified atom stereocenters. The third-order valence-electron chi connectivity index (χ3n) is 2.29. The standard InChI is InChI=1S/C6H13F2O12P3/c1-3-2-4(9)5(17-3)6(7,8)18-22(13,14)20-23(15,16)19-21(10,11)12/h3-5,9H,2H2,1H3,(H,13,14)(H,15,16)(H2,10,11,12)/t3-,4+,5-/m0/s1. The first-order valence-corrected chi connectivity index (χ1v) is 10.1. The van der Waals surface area contributed by atoms with Gasteiger partial charge in [0.1, 0.15) is 0 Å². The number of phosphoric ester groups is 1. The Kier molecular flexibility index (Phi) is 6.31. The fourth-order valence-corrected chi connectivity index (χ4v) is 4.72. The molecular weight excluding hydrogens is 395 g/mol. The molecule has 0 amide bonds. The van der Waals surface area contributed by atoms with E-state index in [0.717, 1.165) is 0 Å². The second-order valence-corrected chi connectivity index (χ2v) is 8.76. The maximum absolute atomic E-state index is 13.7. The van der Waals surface area contributed by atoms with Gasteiger partial charge in [-0.3, -0.25) is 0 Å². The topological polar surface area (TPSA) is 189 Å². The van der Waals surface area contributed by atoms with E-state index in [2.05, 4.69) is 17.9 Å². The van der Waals surface area contributed by atoms with E-state index in [-0.39, 0.29) is 6.42 Å². The molecule has 1 saturated heterocycles. The van der Waals surface area contributed by atoms with Crippen LogP contribution in [0.4, 0.5) is 8.78 Å². The molecule has 0 radical (unpaired) electrons. The largest absolute Gasteiger partial charge is 0.490 e. The summed E-state index contributed by atoms with van der Waals surface area (Å²) < 4.78 is 74.5. The van der Waals surface area contributed by atoms with Crippen molar-refractivity contribution in [3.05, 3.63) is 0 Å². The van der Waals surface area contributed by atoms with Gasteiger partial charge in [0.05, 0.1) is 12.2 Å². The molecule has 23 heavy (non-hydrogen) atoms. The van der Waals surface area contributed by atoms with Crippen LogP contribution in [0.3, 0.4) is 0 Å². The van der Waals surface area contributed by atoms with Gasteiger partial charge in [-0.1, -0.05) is 0 Å². The Morgan fingerprint density at radius 1 is 1.09 bits per heavy atom. The summed E-state index contributed by atoms with van der Waals surface area (Å²) >= 11 is 0. The summed E-state index contributed by atoms with van der Waals surface area (Å²) in [4.78, 5) is 34.4. The lowest BCUT2D eigenvalue weighted by Gasteiger charge is -2.26. The molecule has 0 saturated carbocycles. The van der Waals surface area contributed by atoms with E-state index in [1.807, 2.05) is 0 Å². The number of rotatable bonds is 7. The molecule has 1 aliphatic heterocycles. The molecule has 0 bridgehead atoms. The third kappa shape index (κ3) is 6.91. The van der Waals surface area contributed by atoms with Crippen molar-refractivity contribution < 1.29 is 65.0 Å². The van der Waals surface area contributed by atoms with Crippen LogP contribution in [0.1, 0.15) is 13.3 Å². The minimum Gasteiger partial charge on any atom is -0.390 e.